The number of hydrogen-bond acceptors (Lipinski definition) is 2. The molecule has 3 rings (SSSR count). The van der Waals surface area contributed by atoms with Gasteiger partial charge in [0.25, 0.3) is 0 Å². The first-order chi connectivity index (χ1) is 8.84. The van der Waals surface area contributed by atoms with E-state index in [2.05, 4.69) is 21.7 Å². The van der Waals surface area contributed by atoms with E-state index in [9.17, 15) is 0 Å². The van der Waals surface area contributed by atoms with Crippen molar-refractivity contribution >= 4 is 12.2 Å². The van der Waals surface area contributed by atoms with Gasteiger partial charge in [0.15, 0.2) is 4.77 Å². The molecule has 0 unspecified atom stereocenters. The highest BCUT2D eigenvalue weighted by atomic mass is 32.1. The van der Waals surface area contributed by atoms with E-state index < -0.39 is 0 Å². The highest BCUT2D eigenvalue weighted by molar-refractivity contribution is 7.71. The summed E-state index contributed by atoms with van der Waals surface area (Å²) in [6.07, 6.45) is 4.56. The van der Waals surface area contributed by atoms with Crippen molar-refractivity contribution in [1.82, 2.24) is 9.55 Å². The normalized spacial score (nSPS) is 19.2. The van der Waals surface area contributed by atoms with Crippen LogP contribution in [-0.2, 0) is 11.3 Å². The molecule has 0 radical (unpaired) electrons. The summed E-state index contributed by atoms with van der Waals surface area (Å²) in [5.74, 6) is 0. The first-order valence-electron chi connectivity index (χ1n) is 6.30. The molecule has 4 heteroatoms. The van der Waals surface area contributed by atoms with Gasteiger partial charge < -0.3 is 14.3 Å². The first-order valence-corrected chi connectivity index (χ1v) is 6.70. The van der Waals surface area contributed by atoms with E-state index in [1.807, 2.05) is 24.4 Å². The van der Waals surface area contributed by atoms with Gasteiger partial charge in [-0.2, -0.15) is 0 Å². The number of ether oxygens (including phenoxy) is 1. The summed E-state index contributed by atoms with van der Waals surface area (Å²) in [5, 5.41) is 0. The van der Waals surface area contributed by atoms with E-state index in [4.69, 9.17) is 17.0 Å². The van der Waals surface area contributed by atoms with Crippen molar-refractivity contribution in [2.75, 3.05) is 6.61 Å². The van der Waals surface area contributed by atoms with E-state index in [0.717, 1.165) is 36.5 Å². The van der Waals surface area contributed by atoms with Crippen molar-refractivity contribution in [3.63, 3.8) is 0 Å². The van der Waals surface area contributed by atoms with Crippen LogP contribution in [0.15, 0.2) is 36.5 Å². The van der Waals surface area contributed by atoms with Gasteiger partial charge in [0.05, 0.1) is 18.3 Å². The fraction of sp³-hybridized carbons (Fsp3) is 0.357. The van der Waals surface area contributed by atoms with Crippen LogP contribution in [-0.4, -0.2) is 22.3 Å². The third-order valence-corrected chi connectivity index (χ3v) is 3.69. The molecule has 2 aromatic rings. The van der Waals surface area contributed by atoms with E-state index >= 15 is 0 Å². The van der Waals surface area contributed by atoms with Crippen LogP contribution in [0.4, 0.5) is 0 Å². The number of nitrogens with zero attached hydrogens (tertiary/aromatic N) is 1. The number of benzene rings is 1. The average molecular weight is 260 g/mol. The molecule has 0 bridgehead atoms. The monoisotopic (exact) mass is 260 g/mol. The highest BCUT2D eigenvalue weighted by Gasteiger charge is 2.18. The van der Waals surface area contributed by atoms with Crippen molar-refractivity contribution < 1.29 is 4.74 Å². The van der Waals surface area contributed by atoms with Crippen molar-refractivity contribution in [3.05, 3.63) is 41.3 Å². The molecular weight excluding hydrogens is 244 g/mol. The Labute approximate surface area is 111 Å². The molecule has 2 heterocycles. The molecule has 3 nitrogen and oxygen atoms in total. The van der Waals surface area contributed by atoms with Gasteiger partial charge in [-0.1, -0.05) is 30.3 Å². The zero-order valence-corrected chi connectivity index (χ0v) is 11.0. The largest absolute Gasteiger partial charge is 0.376 e. The summed E-state index contributed by atoms with van der Waals surface area (Å²) in [5.41, 5.74) is 2.32. The molecule has 0 aliphatic carbocycles. The van der Waals surface area contributed by atoms with Gasteiger partial charge in [-0.15, -0.1) is 0 Å². The van der Waals surface area contributed by atoms with E-state index in [1.165, 1.54) is 5.56 Å². The third kappa shape index (κ3) is 2.26. The highest BCUT2D eigenvalue weighted by Crippen LogP contribution is 2.22. The second-order valence-electron chi connectivity index (χ2n) is 4.59. The minimum absolute atomic E-state index is 0.301. The smallest absolute Gasteiger partial charge is 0.177 e. The lowest BCUT2D eigenvalue weighted by atomic mass is 10.1. The topological polar surface area (TPSA) is 29.9 Å². The predicted molar refractivity (Wildman–Crippen MR) is 74.0 cm³/mol. The zero-order valence-electron chi connectivity index (χ0n) is 10.1. The number of aromatic nitrogens is 2. The lowest BCUT2D eigenvalue weighted by molar-refractivity contribution is 0.0970. The molecule has 1 aromatic heterocycles. The van der Waals surface area contributed by atoms with Crippen LogP contribution in [0, 0.1) is 4.77 Å². The maximum Gasteiger partial charge on any atom is 0.177 e. The molecule has 0 amide bonds. The molecule has 1 N–H and O–H groups in total. The van der Waals surface area contributed by atoms with Gasteiger partial charge in [-0.05, 0) is 30.6 Å². The fourth-order valence-corrected chi connectivity index (χ4v) is 2.65. The molecule has 1 aliphatic heterocycles. The molecule has 94 valence electrons. The summed E-state index contributed by atoms with van der Waals surface area (Å²) >= 11 is 5.36. The lowest BCUT2D eigenvalue weighted by Gasteiger charge is -2.13. The standard InChI is InChI=1S/C14H16N2OS/c18-14-15-9-13(11-5-2-1-3-6-11)16(14)10-12-7-4-8-17-12/h1-3,5-6,9,12H,4,7-8,10H2,(H,15,18)/t12-/m1/s1. The average Bonchev–Trinajstić information content (AvgIpc) is 3.03. The molecule has 0 spiro atoms. The number of imidazole rings is 1. The summed E-state index contributed by atoms with van der Waals surface area (Å²) in [6, 6.07) is 10.3. The molecule has 18 heavy (non-hydrogen) atoms. The maximum absolute atomic E-state index is 5.69. The maximum atomic E-state index is 5.69. The van der Waals surface area contributed by atoms with Crippen LogP contribution in [0.2, 0.25) is 0 Å². The number of hydrogen-bond donors (Lipinski definition) is 1. The summed E-state index contributed by atoms with van der Waals surface area (Å²) in [7, 11) is 0. The van der Waals surface area contributed by atoms with Crippen LogP contribution >= 0.6 is 12.2 Å². The fourth-order valence-electron chi connectivity index (χ4n) is 2.42. The Bertz CT molecular complexity index is 567. The van der Waals surface area contributed by atoms with Gasteiger partial charge in [0.1, 0.15) is 0 Å². The van der Waals surface area contributed by atoms with E-state index in [1.54, 1.807) is 0 Å². The van der Waals surface area contributed by atoms with Crippen LogP contribution in [0.1, 0.15) is 12.8 Å². The van der Waals surface area contributed by atoms with Crippen molar-refractivity contribution in [2.45, 2.75) is 25.5 Å². The van der Waals surface area contributed by atoms with Gasteiger partial charge in [-0.3, -0.25) is 0 Å². The first kappa shape index (κ1) is 11.7. The molecule has 1 aromatic carbocycles. The SMILES string of the molecule is S=c1[nH]cc(-c2ccccc2)n1C[C@H]1CCCO1. The third-order valence-electron chi connectivity index (χ3n) is 3.35. The molecule has 0 saturated carbocycles. The van der Waals surface area contributed by atoms with E-state index in [-0.39, 0.29) is 0 Å². The van der Waals surface area contributed by atoms with Crippen LogP contribution in [0.25, 0.3) is 11.3 Å². The number of aromatic amines is 1. The Morgan fingerprint density at radius 2 is 2.17 bits per heavy atom. The summed E-state index contributed by atoms with van der Waals surface area (Å²) in [6.45, 7) is 1.72. The number of nitrogens with one attached hydrogen (secondary N) is 1. The Morgan fingerprint density at radius 3 is 2.89 bits per heavy atom. The van der Waals surface area contributed by atoms with Crippen LogP contribution < -0.4 is 0 Å². The summed E-state index contributed by atoms with van der Waals surface area (Å²) in [4.78, 5) is 3.13. The Hall–Kier alpha value is -1.39. The van der Waals surface area contributed by atoms with Gasteiger partial charge in [0, 0.05) is 12.8 Å². The Kier molecular flexibility index (Phi) is 3.30. The molecular formula is C14H16N2OS. The van der Waals surface area contributed by atoms with Crippen molar-refractivity contribution in [3.8, 4) is 11.3 Å². The van der Waals surface area contributed by atoms with Gasteiger partial charge >= 0.3 is 0 Å². The predicted octanol–water partition coefficient (Wildman–Crippen LogP) is 3.39. The molecule has 1 saturated heterocycles. The Morgan fingerprint density at radius 1 is 1.33 bits per heavy atom. The number of H-pyrrole nitrogens is 1. The number of rotatable bonds is 3. The lowest BCUT2D eigenvalue weighted by Crippen LogP contribution is -2.15. The zero-order chi connectivity index (χ0) is 12.4. The van der Waals surface area contributed by atoms with Crippen molar-refractivity contribution in [1.29, 1.82) is 0 Å². The minimum Gasteiger partial charge on any atom is -0.376 e. The molecule has 1 atom stereocenters. The minimum atomic E-state index is 0.301. The summed E-state index contributed by atoms with van der Waals surface area (Å²) < 4.78 is 8.60. The van der Waals surface area contributed by atoms with Gasteiger partial charge in [-0.25, -0.2) is 0 Å². The molecule has 1 fully saturated rings. The second kappa shape index (κ2) is 5.08. The second-order valence-corrected chi connectivity index (χ2v) is 4.98. The van der Waals surface area contributed by atoms with Crippen molar-refractivity contribution in [2.24, 2.45) is 0 Å². The Balaban J connectivity index is 1.93. The van der Waals surface area contributed by atoms with Crippen LogP contribution in [0.5, 0.6) is 0 Å². The van der Waals surface area contributed by atoms with Gasteiger partial charge in [0.2, 0.25) is 0 Å². The van der Waals surface area contributed by atoms with E-state index in [0.29, 0.717) is 6.10 Å². The molecule has 1 aliphatic rings. The van der Waals surface area contributed by atoms with Crippen LogP contribution in [0.3, 0.4) is 0 Å². The quantitative estimate of drug-likeness (QED) is 0.857.